The highest BCUT2D eigenvalue weighted by Gasteiger charge is 2.37. The number of nitrogens with one attached hydrogen (secondary N) is 1. The van der Waals surface area contributed by atoms with Gasteiger partial charge in [0.2, 0.25) is 0 Å². The number of hydrogen-bond donors (Lipinski definition) is 2. The largest absolute Gasteiger partial charge is 0.387 e. The Kier molecular flexibility index (Phi) is 6.68. The van der Waals surface area contributed by atoms with E-state index in [0.29, 0.717) is 18.2 Å². The normalized spacial score (nSPS) is 14.9. The van der Waals surface area contributed by atoms with Gasteiger partial charge in [-0.15, -0.1) is 0 Å². The summed E-state index contributed by atoms with van der Waals surface area (Å²) in [5, 5.41) is 6.96. The van der Waals surface area contributed by atoms with E-state index in [9.17, 15) is 0 Å². The predicted molar refractivity (Wildman–Crippen MR) is 191 cm³/mol. The molecule has 0 radical (unpaired) electrons. The number of aliphatic imine (C=N–C) groups is 2. The van der Waals surface area contributed by atoms with Gasteiger partial charge in [-0.25, -0.2) is 4.99 Å². The van der Waals surface area contributed by atoms with Gasteiger partial charge < -0.3 is 15.6 Å². The molecule has 6 aromatic rings. The van der Waals surface area contributed by atoms with E-state index in [-0.39, 0.29) is 5.41 Å². The van der Waals surface area contributed by atoms with E-state index in [2.05, 4.69) is 133 Å². The van der Waals surface area contributed by atoms with Crippen LogP contribution < -0.4 is 21.6 Å². The molecule has 8 rings (SSSR count). The Morgan fingerprint density at radius 2 is 1.59 bits per heavy atom. The zero-order valence-electron chi connectivity index (χ0n) is 26.0. The summed E-state index contributed by atoms with van der Waals surface area (Å²) in [7, 11) is 0. The minimum absolute atomic E-state index is 0.126. The molecule has 0 bridgehead atoms. The summed E-state index contributed by atoms with van der Waals surface area (Å²) in [4.78, 5) is 10.2. The number of fused-ring (bicyclic) bond motifs is 6. The maximum atomic E-state index is 6.90. The number of hydrogen-bond acceptors (Lipinski definition) is 2. The van der Waals surface area contributed by atoms with Crippen LogP contribution in [0.4, 0.5) is 0 Å². The average molecular weight is 598 g/mol. The van der Waals surface area contributed by atoms with Crippen molar-refractivity contribution < 1.29 is 0 Å². The fourth-order valence-electron chi connectivity index (χ4n) is 7.09. The number of aromatic nitrogens is 1. The van der Waals surface area contributed by atoms with Gasteiger partial charge >= 0.3 is 0 Å². The molecular formula is C41H35N5. The van der Waals surface area contributed by atoms with Crippen molar-refractivity contribution in [2.75, 3.05) is 6.54 Å². The highest BCUT2D eigenvalue weighted by Crippen LogP contribution is 2.50. The lowest BCUT2D eigenvalue weighted by molar-refractivity contribution is 0.660. The average Bonchev–Trinajstić information content (AvgIpc) is 3.56. The highest BCUT2D eigenvalue weighted by atomic mass is 15.0. The van der Waals surface area contributed by atoms with Crippen LogP contribution in [0, 0.1) is 0 Å². The second-order valence-corrected chi connectivity index (χ2v) is 12.5. The van der Waals surface area contributed by atoms with Crippen molar-refractivity contribution in [1.29, 1.82) is 0 Å². The van der Waals surface area contributed by atoms with Crippen LogP contribution in [0.2, 0.25) is 0 Å². The SMILES string of the molecule is CC1(C)c2ccccc2-c2c(C(N=C(N)c3cccc(-n4c5c(c6ccccc64)=CNCC=5)c3)=NCc3ccccc3)cccc21. The topological polar surface area (TPSA) is 67.7 Å². The van der Waals surface area contributed by atoms with Gasteiger partial charge in [-0.05, 0) is 52.1 Å². The molecule has 0 atom stereocenters. The zero-order chi connectivity index (χ0) is 31.3. The number of para-hydroxylation sites is 1. The van der Waals surface area contributed by atoms with Crippen molar-refractivity contribution in [3.63, 3.8) is 0 Å². The predicted octanol–water partition coefficient (Wildman–Crippen LogP) is 6.41. The monoisotopic (exact) mass is 597 g/mol. The molecule has 3 N–H and O–H groups in total. The Morgan fingerprint density at radius 3 is 2.48 bits per heavy atom. The second kappa shape index (κ2) is 11.0. The maximum Gasteiger partial charge on any atom is 0.157 e. The Hall–Kier alpha value is -5.68. The molecule has 0 spiro atoms. The van der Waals surface area contributed by atoms with Crippen molar-refractivity contribution in [1.82, 2.24) is 9.88 Å². The first kappa shape index (κ1) is 27.8. The van der Waals surface area contributed by atoms with E-state index in [1.54, 1.807) is 0 Å². The molecule has 1 aromatic heterocycles. The molecule has 5 heteroatoms. The van der Waals surface area contributed by atoms with Crippen molar-refractivity contribution in [3.8, 4) is 16.8 Å². The summed E-state index contributed by atoms with van der Waals surface area (Å²) in [5.74, 6) is 1.06. The van der Waals surface area contributed by atoms with E-state index in [4.69, 9.17) is 15.7 Å². The minimum atomic E-state index is -0.126. The number of nitrogens with two attached hydrogens (primary N) is 1. The van der Waals surface area contributed by atoms with Crippen LogP contribution in [-0.4, -0.2) is 22.8 Å². The Morgan fingerprint density at radius 1 is 0.826 bits per heavy atom. The van der Waals surface area contributed by atoms with E-state index < -0.39 is 0 Å². The minimum Gasteiger partial charge on any atom is -0.387 e. The summed E-state index contributed by atoms with van der Waals surface area (Å²) in [5.41, 5.74) is 16.9. The summed E-state index contributed by atoms with van der Waals surface area (Å²) in [6.07, 6.45) is 4.35. The molecule has 1 aliphatic carbocycles. The summed E-state index contributed by atoms with van der Waals surface area (Å²) >= 11 is 0. The van der Waals surface area contributed by atoms with Crippen LogP contribution >= 0.6 is 0 Å². The first-order chi connectivity index (χ1) is 22.5. The third kappa shape index (κ3) is 4.55. The molecule has 1 aliphatic heterocycles. The van der Waals surface area contributed by atoms with Gasteiger partial charge in [-0.3, -0.25) is 4.99 Å². The standard InChI is InChI=1S/C41H35N5/c1-41(2)34-19-8-6-17-31(34)38-32(18-11-20-35(38)41)40(44-25-27-12-4-3-5-13-27)45-39(42)28-14-10-15-29(24-28)46-36-21-9-7-16-30(36)33-26-43-23-22-37(33)46/h3-22,24,26,43H,23,25H2,1-2H3,(H2,42,44,45). The first-order valence-electron chi connectivity index (χ1n) is 15.8. The molecule has 0 unspecified atom stereocenters. The molecule has 0 amide bonds. The van der Waals surface area contributed by atoms with Gasteiger partial charge in [0.15, 0.2) is 5.84 Å². The number of benzene rings is 5. The van der Waals surface area contributed by atoms with E-state index >= 15 is 0 Å². The Bertz CT molecular complexity index is 2320. The van der Waals surface area contributed by atoms with Gasteiger partial charge in [0.25, 0.3) is 0 Å². The number of amidine groups is 2. The van der Waals surface area contributed by atoms with Crippen molar-refractivity contribution >= 4 is 34.9 Å². The third-order valence-electron chi connectivity index (χ3n) is 9.34. The van der Waals surface area contributed by atoms with Crippen LogP contribution in [0.1, 0.15) is 41.7 Å². The molecule has 0 saturated carbocycles. The summed E-state index contributed by atoms with van der Waals surface area (Å²) in [6.45, 7) is 5.87. The van der Waals surface area contributed by atoms with Crippen LogP contribution in [0.25, 0.3) is 40.0 Å². The Labute approximate surface area is 268 Å². The molecule has 224 valence electrons. The Balaban J connectivity index is 1.28. The first-order valence-corrected chi connectivity index (χ1v) is 15.8. The smallest absolute Gasteiger partial charge is 0.157 e. The molecular weight excluding hydrogens is 562 g/mol. The van der Waals surface area contributed by atoms with Gasteiger partial charge in [-0.2, -0.15) is 0 Å². The van der Waals surface area contributed by atoms with Crippen LogP contribution in [-0.2, 0) is 12.0 Å². The maximum absolute atomic E-state index is 6.90. The van der Waals surface area contributed by atoms with Crippen LogP contribution in [0.5, 0.6) is 0 Å². The number of nitrogens with zero attached hydrogens (tertiary/aromatic N) is 3. The second-order valence-electron chi connectivity index (χ2n) is 12.5. The van der Waals surface area contributed by atoms with Crippen molar-refractivity contribution in [2.45, 2.75) is 25.8 Å². The van der Waals surface area contributed by atoms with E-state index in [0.717, 1.165) is 34.4 Å². The van der Waals surface area contributed by atoms with Gasteiger partial charge in [0, 0.05) is 45.6 Å². The molecule has 5 nitrogen and oxygen atoms in total. The molecule has 5 aromatic carbocycles. The molecule has 2 heterocycles. The molecule has 2 aliphatic rings. The van der Waals surface area contributed by atoms with Gasteiger partial charge in [-0.1, -0.05) is 117 Å². The fourth-order valence-corrected chi connectivity index (χ4v) is 7.09. The van der Waals surface area contributed by atoms with E-state index in [1.807, 2.05) is 24.3 Å². The summed E-state index contributed by atoms with van der Waals surface area (Å²) in [6, 6.07) is 42.3. The quantitative estimate of drug-likeness (QED) is 0.178. The third-order valence-corrected chi connectivity index (χ3v) is 9.34. The van der Waals surface area contributed by atoms with Gasteiger partial charge in [0.1, 0.15) is 5.84 Å². The molecule has 0 saturated heterocycles. The number of rotatable bonds is 5. The summed E-state index contributed by atoms with van der Waals surface area (Å²) < 4.78 is 2.31. The van der Waals surface area contributed by atoms with Crippen LogP contribution in [0.15, 0.2) is 131 Å². The lowest BCUT2D eigenvalue weighted by Gasteiger charge is -2.21. The van der Waals surface area contributed by atoms with Crippen molar-refractivity contribution in [3.05, 3.63) is 160 Å². The zero-order valence-corrected chi connectivity index (χ0v) is 26.0. The lowest BCUT2D eigenvalue weighted by atomic mass is 9.82. The molecule has 0 fully saturated rings. The van der Waals surface area contributed by atoms with E-state index in [1.165, 1.54) is 38.2 Å². The van der Waals surface area contributed by atoms with Crippen LogP contribution in [0.3, 0.4) is 0 Å². The van der Waals surface area contributed by atoms with Gasteiger partial charge in [0.05, 0.1) is 17.4 Å². The fraction of sp³-hybridized carbons (Fsp3) is 0.122. The van der Waals surface area contributed by atoms with Crippen molar-refractivity contribution in [2.24, 2.45) is 15.7 Å². The molecule has 46 heavy (non-hydrogen) atoms. The lowest BCUT2D eigenvalue weighted by Crippen LogP contribution is -2.35. The highest BCUT2D eigenvalue weighted by molar-refractivity contribution is 6.14.